The number of nitrogens with one attached hydrogen (secondary N) is 1. The van der Waals surface area contributed by atoms with Crippen LogP contribution in [0.5, 0.6) is 0 Å². The normalized spacial score (nSPS) is 49.9. The molecule has 3 atom stereocenters. The van der Waals surface area contributed by atoms with E-state index in [9.17, 15) is 0 Å². The highest BCUT2D eigenvalue weighted by molar-refractivity contribution is 5.85. The second-order valence-corrected chi connectivity index (χ2v) is 5.67. The first kappa shape index (κ1) is 10.8. The zero-order valence-corrected chi connectivity index (χ0v) is 9.85. The lowest BCUT2D eigenvalue weighted by molar-refractivity contribution is 0.129. The van der Waals surface area contributed by atoms with Gasteiger partial charge in [0, 0.05) is 6.04 Å². The lowest BCUT2D eigenvalue weighted by Gasteiger charge is -2.38. The van der Waals surface area contributed by atoms with E-state index >= 15 is 0 Å². The highest BCUT2D eigenvalue weighted by Gasteiger charge is 2.42. The van der Waals surface area contributed by atoms with E-state index in [4.69, 9.17) is 0 Å². The summed E-state index contributed by atoms with van der Waals surface area (Å²) < 4.78 is 0. The van der Waals surface area contributed by atoms with Gasteiger partial charge >= 0.3 is 0 Å². The first-order valence-electron chi connectivity index (χ1n) is 6.02. The van der Waals surface area contributed by atoms with Crippen molar-refractivity contribution < 1.29 is 0 Å². The van der Waals surface area contributed by atoms with Crippen LogP contribution in [-0.4, -0.2) is 13.1 Å². The van der Waals surface area contributed by atoms with Crippen LogP contribution in [0.3, 0.4) is 0 Å². The summed E-state index contributed by atoms with van der Waals surface area (Å²) in [5, 5.41) is 3.56. The molecule has 0 aliphatic heterocycles. The number of fused-ring (bicyclic) bond motifs is 1. The van der Waals surface area contributed by atoms with Crippen molar-refractivity contribution >= 4 is 12.4 Å². The molecule has 4 fully saturated rings. The Hall–Kier alpha value is 0.250. The molecule has 0 amide bonds. The van der Waals surface area contributed by atoms with Crippen LogP contribution in [0.25, 0.3) is 0 Å². The molecule has 0 heterocycles. The van der Waals surface area contributed by atoms with Crippen LogP contribution in [0, 0.1) is 23.7 Å². The molecule has 0 radical (unpaired) electrons. The zero-order chi connectivity index (χ0) is 8.84. The van der Waals surface area contributed by atoms with Crippen molar-refractivity contribution in [3.63, 3.8) is 0 Å². The molecular weight excluding hydrogens is 194 g/mol. The third kappa shape index (κ3) is 1.69. The van der Waals surface area contributed by atoms with Gasteiger partial charge in [-0.15, -0.1) is 12.4 Å². The Morgan fingerprint density at radius 2 is 1.29 bits per heavy atom. The molecule has 0 aromatic carbocycles. The summed E-state index contributed by atoms with van der Waals surface area (Å²) in [5.41, 5.74) is 0. The number of hydrogen-bond acceptors (Lipinski definition) is 1. The van der Waals surface area contributed by atoms with Crippen molar-refractivity contribution in [2.24, 2.45) is 23.7 Å². The molecule has 2 heteroatoms. The van der Waals surface area contributed by atoms with Gasteiger partial charge in [0.2, 0.25) is 0 Å². The summed E-state index contributed by atoms with van der Waals surface area (Å²) in [4.78, 5) is 0. The molecule has 4 aliphatic carbocycles. The fourth-order valence-corrected chi connectivity index (χ4v) is 4.47. The Balaban J connectivity index is 0.000000750. The van der Waals surface area contributed by atoms with E-state index in [1.54, 1.807) is 32.1 Å². The minimum Gasteiger partial charge on any atom is -0.317 e. The van der Waals surface area contributed by atoms with Crippen LogP contribution in [0.2, 0.25) is 0 Å². The van der Waals surface area contributed by atoms with E-state index in [0.717, 1.165) is 29.7 Å². The van der Waals surface area contributed by atoms with E-state index in [1.807, 2.05) is 0 Å². The SMILES string of the molecule is CNC1CC2CC3CC(C2)CC1C3.Cl. The van der Waals surface area contributed by atoms with Gasteiger partial charge in [0.05, 0.1) is 0 Å². The Morgan fingerprint density at radius 3 is 1.79 bits per heavy atom. The number of halogens is 1. The Kier molecular flexibility index (Phi) is 3.09. The third-order valence-electron chi connectivity index (χ3n) is 4.80. The fraction of sp³-hybridized carbons (Fsp3) is 1.00. The first-order valence-corrected chi connectivity index (χ1v) is 6.02. The molecule has 0 spiro atoms. The highest BCUT2D eigenvalue weighted by Crippen LogP contribution is 2.51. The van der Waals surface area contributed by atoms with Crippen LogP contribution >= 0.6 is 12.4 Å². The number of hydrogen-bond donors (Lipinski definition) is 1. The molecule has 14 heavy (non-hydrogen) atoms. The van der Waals surface area contributed by atoms with E-state index in [-0.39, 0.29) is 12.4 Å². The van der Waals surface area contributed by atoms with Gasteiger partial charge in [-0.1, -0.05) is 0 Å². The molecule has 0 aromatic heterocycles. The lowest BCUT2D eigenvalue weighted by Crippen LogP contribution is -2.35. The predicted octanol–water partition coefficient (Wildman–Crippen LogP) is 2.84. The molecule has 4 aliphatic rings. The topological polar surface area (TPSA) is 12.0 Å². The van der Waals surface area contributed by atoms with E-state index in [2.05, 4.69) is 12.4 Å². The van der Waals surface area contributed by atoms with Gasteiger partial charge in [0.15, 0.2) is 0 Å². The predicted molar refractivity (Wildman–Crippen MR) is 61.8 cm³/mol. The first-order chi connectivity index (χ1) is 6.35. The average Bonchev–Trinajstić information content (AvgIpc) is 2.29. The van der Waals surface area contributed by atoms with Gasteiger partial charge in [0.1, 0.15) is 0 Å². The van der Waals surface area contributed by atoms with Gasteiger partial charge in [-0.3, -0.25) is 0 Å². The van der Waals surface area contributed by atoms with Crippen LogP contribution in [0.4, 0.5) is 0 Å². The van der Waals surface area contributed by atoms with Crippen LogP contribution in [-0.2, 0) is 0 Å². The van der Waals surface area contributed by atoms with E-state index < -0.39 is 0 Å². The maximum absolute atomic E-state index is 3.56. The third-order valence-corrected chi connectivity index (χ3v) is 4.80. The molecule has 4 bridgehead atoms. The molecule has 4 saturated carbocycles. The molecule has 1 nitrogen and oxygen atoms in total. The summed E-state index contributed by atoms with van der Waals surface area (Å²) in [5.74, 6) is 4.33. The molecule has 0 aromatic rings. The van der Waals surface area contributed by atoms with Crippen LogP contribution < -0.4 is 5.32 Å². The highest BCUT2D eigenvalue weighted by atomic mass is 35.5. The standard InChI is InChI=1S/C12H21N.ClH/c1-13-12-7-10-3-8-2-9(4-10)6-11(12)5-8;/h8-13H,2-7H2,1H3;1H. The van der Waals surface area contributed by atoms with Gasteiger partial charge in [0.25, 0.3) is 0 Å². The van der Waals surface area contributed by atoms with Gasteiger partial charge < -0.3 is 5.32 Å². The summed E-state index contributed by atoms with van der Waals surface area (Å²) in [6.45, 7) is 0. The van der Waals surface area contributed by atoms with Crippen molar-refractivity contribution in [1.82, 2.24) is 5.32 Å². The van der Waals surface area contributed by atoms with Gasteiger partial charge in [-0.2, -0.15) is 0 Å². The molecule has 4 rings (SSSR count). The van der Waals surface area contributed by atoms with Crippen LogP contribution in [0.1, 0.15) is 38.5 Å². The summed E-state index contributed by atoms with van der Waals surface area (Å²) >= 11 is 0. The maximum Gasteiger partial charge on any atom is 0.00951 e. The second kappa shape index (κ2) is 4.02. The Labute approximate surface area is 93.4 Å². The van der Waals surface area contributed by atoms with Gasteiger partial charge in [-0.05, 0) is 69.2 Å². The van der Waals surface area contributed by atoms with Gasteiger partial charge in [-0.25, -0.2) is 0 Å². The van der Waals surface area contributed by atoms with E-state index in [0.29, 0.717) is 0 Å². The monoisotopic (exact) mass is 215 g/mol. The molecular formula is C12H22ClN. The Morgan fingerprint density at radius 1 is 0.786 bits per heavy atom. The molecule has 82 valence electrons. The molecule has 1 N–H and O–H groups in total. The largest absolute Gasteiger partial charge is 0.317 e. The average molecular weight is 216 g/mol. The van der Waals surface area contributed by atoms with Crippen molar-refractivity contribution in [3.8, 4) is 0 Å². The molecule has 0 saturated heterocycles. The van der Waals surface area contributed by atoms with Crippen molar-refractivity contribution in [3.05, 3.63) is 0 Å². The lowest BCUT2D eigenvalue weighted by atomic mass is 9.67. The fourth-order valence-electron chi connectivity index (χ4n) is 4.47. The minimum atomic E-state index is 0. The van der Waals surface area contributed by atoms with Crippen molar-refractivity contribution in [2.75, 3.05) is 7.05 Å². The van der Waals surface area contributed by atoms with Crippen molar-refractivity contribution in [2.45, 2.75) is 44.6 Å². The van der Waals surface area contributed by atoms with Crippen molar-refractivity contribution in [1.29, 1.82) is 0 Å². The summed E-state index contributed by atoms with van der Waals surface area (Å²) in [6.07, 6.45) is 9.25. The van der Waals surface area contributed by atoms with Crippen LogP contribution in [0.15, 0.2) is 0 Å². The summed E-state index contributed by atoms with van der Waals surface area (Å²) in [7, 11) is 2.16. The minimum absolute atomic E-state index is 0. The zero-order valence-electron chi connectivity index (χ0n) is 9.04. The number of rotatable bonds is 1. The summed E-state index contributed by atoms with van der Waals surface area (Å²) in [6, 6.07) is 0.861. The smallest absolute Gasteiger partial charge is 0.00951 e. The second-order valence-electron chi connectivity index (χ2n) is 5.67. The van der Waals surface area contributed by atoms with E-state index in [1.165, 1.54) is 6.42 Å². The quantitative estimate of drug-likeness (QED) is 0.710. The Bertz CT molecular complexity index is 192. The molecule has 3 unspecified atom stereocenters. The maximum atomic E-state index is 3.56.